The fourth-order valence-corrected chi connectivity index (χ4v) is 14.4. The third-order valence-electron chi connectivity index (χ3n) is 22.5. The molecule has 4 heterocycles. The summed E-state index contributed by atoms with van der Waals surface area (Å²) in [6.07, 6.45) is 11.8. The molecule has 0 spiro atoms. The van der Waals surface area contributed by atoms with E-state index in [-0.39, 0.29) is 160 Å². The number of carbonyl (C=O) groups excluding carboxylic acids is 4. The average molecular weight is 2530 g/mol. The maximum atomic E-state index is 9.60. The van der Waals surface area contributed by atoms with Gasteiger partial charge < -0.3 is 40.4 Å². The van der Waals surface area contributed by atoms with Gasteiger partial charge in [0.15, 0.2) is 0 Å². The van der Waals surface area contributed by atoms with Crippen LogP contribution in [0.3, 0.4) is 0 Å². The van der Waals surface area contributed by atoms with Crippen LogP contribution >= 0.6 is 0 Å². The van der Waals surface area contributed by atoms with E-state index < -0.39 is 0 Å². The monoisotopic (exact) mass is 2530 g/mol. The molecule has 0 bridgehead atoms. The Hall–Kier alpha value is -11.2. The number of benzene rings is 12. The van der Waals surface area contributed by atoms with Gasteiger partial charge in [-0.05, 0) is 203 Å². The molecule has 12 nitrogen and oxygen atoms in total. The van der Waals surface area contributed by atoms with Gasteiger partial charge in [-0.2, -0.15) is 0 Å². The molecule has 0 atom stereocenters. The Kier molecular flexibility index (Phi) is 43.9. The number of pyridine rings is 4. The second kappa shape index (κ2) is 51.8. The van der Waals surface area contributed by atoms with E-state index in [1.54, 1.807) is 6.92 Å². The minimum atomic E-state index is -0.306. The molecular weight excluding hydrogens is 2390 g/mol. The summed E-state index contributed by atoms with van der Waals surface area (Å²) in [6, 6.07) is 96.2. The molecule has 0 saturated heterocycles. The van der Waals surface area contributed by atoms with Crippen LogP contribution in [0.25, 0.3) is 131 Å². The summed E-state index contributed by atoms with van der Waals surface area (Å²) in [5, 5.41) is 55.9. The van der Waals surface area contributed by atoms with Gasteiger partial charge >= 0.3 is 23.1 Å². The van der Waals surface area contributed by atoms with Gasteiger partial charge in [0, 0.05) is 117 Å². The second-order valence-electron chi connectivity index (χ2n) is 38.5. The number of ketones is 4. The third kappa shape index (κ3) is 31.7. The first-order valence-electron chi connectivity index (χ1n) is 45.1. The summed E-state index contributed by atoms with van der Waals surface area (Å²) in [6.45, 7) is 49.0. The van der Waals surface area contributed by atoms with Crippen LogP contribution in [0.2, 0.25) is 0 Å². The van der Waals surface area contributed by atoms with Crippen molar-refractivity contribution in [3.8, 4) is 45.0 Å². The Morgan fingerprint density at radius 2 is 0.721 bits per heavy atom. The Morgan fingerprint density at radius 1 is 0.346 bits per heavy atom. The van der Waals surface area contributed by atoms with Gasteiger partial charge in [-0.1, -0.05) is 251 Å². The number of nitrogens with zero attached hydrogens (tertiary/aromatic N) is 4. The number of aryl methyl sites for hydroxylation is 2. The Morgan fingerprint density at radius 3 is 1.04 bits per heavy atom. The van der Waals surface area contributed by atoms with E-state index in [4.69, 9.17) is 24.8 Å². The summed E-state index contributed by atoms with van der Waals surface area (Å²) < 4.78 is 0. The zero-order chi connectivity index (χ0) is 96.9. The smallest absolute Gasteiger partial charge is 0.325 e. The first-order chi connectivity index (χ1) is 62.2. The fourth-order valence-electron chi connectivity index (χ4n) is 14.4. The standard InChI is InChI=1S/C28H30N.C22H18N.C20H14N.C19H12N.C11H20O2.C9H16O2.C6H10O2.C5H8O2.4Ir/c1-18-9-8-10-19(15-18)26-23-12-11-22-24(21(23)13-14-29-26)16-20(27(2,3)4)17-25(22)28(5,6)7;1-15(2)17-7-5-8-18(14-17)22-21-11-10-16-6-3-4-9-19(16)20(21)12-13-23-22;1-14-5-4-7-16(13-14)20-19-10-9-15-6-2-3-8-17(15)18(19)11-12-21-20;1-2-7-15(8-3-1)19-18-11-10-14-6-4-5-9-16(14)17(18)12-13-20-19;1-10(2,3)8(12)7-9(13)11(4,5)6;1-6(2)8(10)5-9(11)7(3)4;1-4(5(2)7)6(3)8;1-4(6)3-5(2)7;;;;/h8-9,11-17H,1-7H3;3-7,9-15H,1-2H3;2-6,8-13H,1H3;1-7,9-13H;7,12H,1-6H3;5-7,10H,1-4H3;7H,1-3H3;3,6H,1-2H3;;;;/q4*-1;;;;;;;;/p+4. The summed E-state index contributed by atoms with van der Waals surface area (Å²) in [4.78, 5) is 54.5. The van der Waals surface area contributed by atoms with Crippen molar-refractivity contribution >= 4 is 109 Å². The van der Waals surface area contributed by atoms with Crippen LogP contribution in [0.15, 0.2) is 308 Å². The third-order valence-corrected chi connectivity index (χ3v) is 22.5. The number of aliphatic hydroxyl groups is 4. The Balaban J connectivity index is 0.000000283. The van der Waals surface area contributed by atoms with Crippen molar-refractivity contribution in [1.29, 1.82) is 0 Å². The number of hydrogen-bond acceptors (Lipinski definition) is 8. The van der Waals surface area contributed by atoms with Crippen LogP contribution < -0.4 is 0 Å². The number of allylic oxidation sites excluding steroid dienone is 8. The molecule has 16 heteroatoms. The van der Waals surface area contributed by atoms with Gasteiger partial charge in [-0.15, -0.1) is 142 Å². The predicted octanol–water partition coefficient (Wildman–Crippen LogP) is 31.5. The molecule has 0 aliphatic rings. The molecule has 716 valence electrons. The average Bonchev–Trinajstić information content (AvgIpc) is 0.727. The molecular formula is C120H132Ir4N4O8. The summed E-state index contributed by atoms with van der Waals surface area (Å²) >= 11 is 0. The summed E-state index contributed by atoms with van der Waals surface area (Å²) in [5.41, 5.74) is 14.9. The van der Waals surface area contributed by atoms with E-state index in [9.17, 15) is 19.8 Å². The topological polar surface area (TPSA) is 218 Å². The number of hydrogen-bond donors (Lipinski definition) is 4. The number of fused-ring (bicyclic) bond motifs is 12. The van der Waals surface area contributed by atoms with Crippen molar-refractivity contribution < 1.29 is 120 Å². The maximum absolute atomic E-state index is 9.60. The molecule has 136 heavy (non-hydrogen) atoms. The van der Waals surface area contributed by atoms with Gasteiger partial charge in [0.25, 0.3) is 0 Å². The molecule has 0 aliphatic heterocycles. The SMILES string of the molecule is CC(=[OH+])C(C)=C(C)O.CC(=[OH+])C=C(C)O.CC(C)(C)C(=[OH+])C=C(O)C(C)(C)C.CC(C)C(=[OH+])C=C(O)C(C)C.CC(C)c1cc[c-]c(-c2nccc3c2ccc2ccccc23)c1.Cc1cc[c-]c(-c2nccc3c2ccc2c(C(C)(C)C)cc(C(C)(C)C)cc23)c1.Cc1cc[c-]c(-c2nccc3c2ccc2ccccc23)c1.[Ir].[Ir].[Ir].[Ir].[c-]1ccccc1-c1nccc2c1ccc1ccccc12. The van der Waals surface area contributed by atoms with Crippen molar-refractivity contribution in [2.45, 2.75) is 190 Å². The molecule has 16 aromatic rings. The zero-order valence-electron chi connectivity index (χ0n) is 83.0. The summed E-state index contributed by atoms with van der Waals surface area (Å²) in [5.74, 6) is 2.13. The normalized spacial score (nSPS) is 11.7. The molecule has 0 unspecified atom stereocenters. The molecule has 16 rings (SSSR count). The van der Waals surface area contributed by atoms with Crippen LogP contribution in [-0.2, 0) is 91.3 Å². The van der Waals surface area contributed by atoms with Crippen molar-refractivity contribution in [3.05, 3.63) is 360 Å². The minimum Gasteiger partial charge on any atom is -0.512 e. The Labute approximate surface area is 859 Å². The van der Waals surface area contributed by atoms with Gasteiger partial charge in [0.2, 0.25) is 0 Å². The molecule has 8 N–H and O–H groups in total. The van der Waals surface area contributed by atoms with Crippen molar-refractivity contribution in [3.63, 3.8) is 0 Å². The minimum absolute atomic E-state index is 0. The van der Waals surface area contributed by atoms with Gasteiger partial charge in [0.05, 0.1) is 54.7 Å². The van der Waals surface area contributed by atoms with Gasteiger partial charge in [-0.25, -0.2) is 0 Å². The maximum Gasteiger partial charge on any atom is 0.325 e. The fraction of sp³-hybridized carbons (Fsp3) is 0.267. The van der Waals surface area contributed by atoms with Crippen molar-refractivity contribution in [2.24, 2.45) is 22.7 Å². The Bertz CT molecular complexity index is 6950. The zero-order valence-corrected chi connectivity index (χ0v) is 92.6. The van der Waals surface area contributed by atoms with Crippen LogP contribution in [0, 0.1) is 60.8 Å². The first kappa shape index (κ1) is 115. The van der Waals surface area contributed by atoms with E-state index in [0.29, 0.717) is 11.5 Å². The quantitative estimate of drug-likeness (QED) is 0.0320. The molecule has 4 aromatic heterocycles. The molecule has 4 radical (unpaired) electrons. The van der Waals surface area contributed by atoms with Crippen molar-refractivity contribution in [1.82, 2.24) is 19.9 Å². The molecule has 0 saturated carbocycles. The number of rotatable bonds is 11. The van der Waals surface area contributed by atoms with E-state index in [1.165, 1.54) is 160 Å². The second-order valence-corrected chi connectivity index (χ2v) is 38.5. The molecule has 0 fully saturated rings. The molecule has 0 aliphatic carbocycles. The van der Waals surface area contributed by atoms with Crippen LogP contribution in [0.1, 0.15) is 193 Å². The van der Waals surface area contributed by atoms with E-state index >= 15 is 0 Å². The number of aliphatic hydroxyl groups excluding tert-OH is 4. The van der Waals surface area contributed by atoms with Crippen LogP contribution in [-0.4, -0.2) is 82.7 Å². The predicted molar refractivity (Wildman–Crippen MR) is 562 cm³/mol. The van der Waals surface area contributed by atoms with Crippen LogP contribution in [0.5, 0.6) is 0 Å². The largest absolute Gasteiger partial charge is 0.512 e. The first-order valence-corrected chi connectivity index (χ1v) is 45.1. The van der Waals surface area contributed by atoms with Gasteiger partial charge in [-0.3, -0.25) is 19.2 Å². The van der Waals surface area contributed by atoms with Crippen LogP contribution in [0.4, 0.5) is 0 Å². The van der Waals surface area contributed by atoms with Crippen molar-refractivity contribution in [2.75, 3.05) is 0 Å². The summed E-state index contributed by atoms with van der Waals surface area (Å²) in [7, 11) is 0. The molecule has 0 amide bonds. The molecule has 12 aromatic carbocycles. The van der Waals surface area contributed by atoms with E-state index in [1.807, 2.05) is 130 Å². The number of aromatic nitrogens is 4. The van der Waals surface area contributed by atoms with E-state index in [2.05, 4.69) is 309 Å². The van der Waals surface area contributed by atoms with E-state index in [0.717, 1.165) is 45.0 Å². The van der Waals surface area contributed by atoms with Gasteiger partial charge in [0.1, 0.15) is 17.3 Å².